The fourth-order valence-electron chi connectivity index (χ4n) is 4.13. The average molecular weight is 351 g/mol. The molecule has 1 aliphatic rings. The maximum atomic E-state index is 12.6. The molecule has 2 aromatic heterocycles. The number of hydrogen-bond acceptors (Lipinski definition) is 3. The van der Waals surface area contributed by atoms with Gasteiger partial charge < -0.3 is 10.3 Å². The minimum Gasteiger partial charge on any atom is -0.351 e. The first kappa shape index (κ1) is 16.8. The van der Waals surface area contributed by atoms with Crippen molar-refractivity contribution in [3.63, 3.8) is 0 Å². The Bertz CT molecular complexity index is 879. The first-order chi connectivity index (χ1) is 12.6. The van der Waals surface area contributed by atoms with Crippen LogP contribution in [0.15, 0.2) is 42.6 Å². The summed E-state index contributed by atoms with van der Waals surface area (Å²) in [5.41, 5.74) is 2.81. The van der Waals surface area contributed by atoms with E-state index in [9.17, 15) is 4.79 Å². The minimum absolute atomic E-state index is 0.0433. The van der Waals surface area contributed by atoms with Crippen LogP contribution in [0.5, 0.6) is 0 Å². The van der Waals surface area contributed by atoms with Gasteiger partial charge in [0.1, 0.15) is 5.69 Å². The van der Waals surface area contributed by atoms with E-state index in [0.717, 1.165) is 30.3 Å². The van der Waals surface area contributed by atoms with Crippen LogP contribution < -0.4 is 5.32 Å². The van der Waals surface area contributed by atoms with Crippen LogP contribution >= 0.6 is 0 Å². The second-order valence-corrected chi connectivity index (χ2v) is 7.19. The number of rotatable bonds is 4. The highest BCUT2D eigenvalue weighted by Crippen LogP contribution is 2.34. The number of para-hydroxylation sites is 1. The summed E-state index contributed by atoms with van der Waals surface area (Å²) < 4.78 is 1.94. The number of piperidine rings is 1. The predicted molar refractivity (Wildman–Crippen MR) is 102 cm³/mol. The first-order valence-electron chi connectivity index (χ1n) is 9.17. The van der Waals surface area contributed by atoms with Crippen LogP contribution in [0.3, 0.4) is 0 Å². The van der Waals surface area contributed by atoms with Gasteiger partial charge in [-0.05, 0) is 50.6 Å². The van der Waals surface area contributed by atoms with E-state index in [1.54, 1.807) is 0 Å². The standard InChI is InChI=1S/C20H25N5O/c1-24-11-5-7-15(19(24)18-9-10-22-25(18)2)13-21-20(26)17-12-14-6-3-4-8-16(14)23-17/h3-4,6,8-10,12,15,19,23H,5,7,11,13H2,1-2H3,(H,21,26)/t15-,19+/m0/s1. The topological polar surface area (TPSA) is 66.0 Å². The lowest BCUT2D eigenvalue weighted by atomic mass is 9.87. The number of carbonyl (C=O) groups is 1. The minimum atomic E-state index is -0.0433. The fraction of sp³-hybridized carbons (Fsp3) is 0.400. The van der Waals surface area contributed by atoms with Gasteiger partial charge >= 0.3 is 0 Å². The number of nitrogens with zero attached hydrogens (tertiary/aromatic N) is 3. The van der Waals surface area contributed by atoms with Gasteiger partial charge in [-0.25, -0.2) is 0 Å². The van der Waals surface area contributed by atoms with Gasteiger partial charge in [-0.2, -0.15) is 5.10 Å². The molecule has 1 aromatic carbocycles. The van der Waals surface area contributed by atoms with Crippen LogP contribution in [0.4, 0.5) is 0 Å². The van der Waals surface area contributed by atoms with Gasteiger partial charge in [0.2, 0.25) is 0 Å². The summed E-state index contributed by atoms with van der Waals surface area (Å²) in [6.45, 7) is 1.73. The number of fused-ring (bicyclic) bond motifs is 1. The fourth-order valence-corrected chi connectivity index (χ4v) is 4.13. The number of likely N-dealkylation sites (tertiary alicyclic amines) is 1. The molecular weight excluding hydrogens is 326 g/mol. The van der Waals surface area contributed by atoms with Gasteiger partial charge in [0, 0.05) is 30.7 Å². The number of benzene rings is 1. The molecule has 0 aliphatic carbocycles. The number of nitrogens with one attached hydrogen (secondary N) is 2. The molecule has 136 valence electrons. The number of carbonyl (C=O) groups excluding carboxylic acids is 1. The molecule has 0 unspecified atom stereocenters. The van der Waals surface area contributed by atoms with Crippen LogP contribution in [0.2, 0.25) is 0 Å². The SMILES string of the molecule is CN1CCC[C@@H](CNC(=O)c2cc3ccccc3[nH]2)[C@@H]1c1ccnn1C. The van der Waals surface area contributed by atoms with Crippen molar-refractivity contribution in [2.75, 3.05) is 20.1 Å². The molecule has 0 bridgehead atoms. The first-order valence-corrected chi connectivity index (χ1v) is 9.17. The molecule has 26 heavy (non-hydrogen) atoms. The Morgan fingerprint density at radius 3 is 2.92 bits per heavy atom. The molecule has 6 heteroatoms. The second-order valence-electron chi connectivity index (χ2n) is 7.19. The van der Waals surface area contributed by atoms with E-state index in [-0.39, 0.29) is 11.9 Å². The van der Waals surface area contributed by atoms with Gasteiger partial charge in [-0.1, -0.05) is 18.2 Å². The Labute approximate surface area is 153 Å². The third-order valence-corrected chi connectivity index (χ3v) is 5.47. The van der Waals surface area contributed by atoms with E-state index >= 15 is 0 Å². The highest BCUT2D eigenvalue weighted by Gasteiger charge is 2.32. The molecule has 0 spiro atoms. The van der Waals surface area contributed by atoms with Crippen LogP contribution in [0.25, 0.3) is 10.9 Å². The van der Waals surface area contributed by atoms with E-state index in [4.69, 9.17) is 0 Å². The summed E-state index contributed by atoms with van der Waals surface area (Å²) >= 11 is 0. The highest BCUT2D eigenvalue weighted by atomic mass is 16.1. The highest BCUT2D eigenvalue weighted by molar-refractivity contribution is 5.97. The van der Waals surface area contributed by atoms with Crippen molar-refractivity contribution in [1.29, 1.82) is 0 Å². The largest absolute Gasteiger partial charge is 0.351 e. The smallest absolute Gasteiger partial charge is 0.267 e. The second kappa shape index (κ2) is 6.96. The van der Waals surface area contributed by atoms with Crippen molar-refractivity contribution >= 4 is 16.8 Å². The van der Waals surface area contributed by atoms with Gasteiger partial charge in [-0.3, -0.25) is 14.4 Å². The number of hydrogen-bond donors (Lipinski definition) is 2. The van der Waals surface area contributed by atoms with Gasteiger partial charge in [0.05, 0.1) is 11.7 Å². The van der Waals surface area contributed by atoms with Crippen molar-refractivity contribution in [3.8, 4) is 0 Å². The van der Waals surface area contributed by atoms with Gasteiger partial charge in [0.15, 0.2) is 0 Å². The molecule has 1 aliphatic heterocycles. The zero-order chi connectivity index (χ0) is 18.1. The van der Waals surface area contributed by atoms with Crippen molar-refractivity contribution in [2.45, 2.75) is 18.9 Å². The summed E-state index contributed by atoms with van der Waals surface area (Å²) in [6, 6.07) is 12.2. The Hall–Kier alpha value is -2.60. The van der Waals surface area contributed by atoms with E-state index < -0.39 is 0 Å². The molecule has 4 rings (SSSR count). The summed E-state index contributed by atoms with van der Waals surface area (Å²) in [5.74, 6) is 0.329. The van der Waals surface area contributed by atoms with E-state index in [0.29, 0.717) is 18.2 Å². The van der Waals surface area contributed by atoms with Gasteiger partial charge in [-0.15, -0.1) is 0 Å². The molecule has 0 saturated carbocycles. The summed E-state index contributed by atoms with van der Waals surface area (Å²) in [5, 5.41) is 8.52. The molecule has 3 heterocycles. The molecule has 2 atom stereocenters. The van der Waals surface area contributed by atoms with Crippen molar-refractivity contribution in [3.05, 3.63) is 54.0 Å². The monoisotopic (exact) mass is 351 g/mol. The maximum Gasteiger partial charge on any atom is 0.267 e. The molecule has 0 radical (unpaired) electrons. The average Bonchev–Trinajstić information content (AvgIpc) is 3.26. The predicted octanol–water partition coefficient (Wildman–Crippen LogP) is 2.71. The third-order valence-electron chi connectivity index (χ3n) is 5.47. The van der Waals surface area contributed by atoms with Gasteiger partial charge in [0.25, 0.3) is 5.91 Å². The maximum absolute atomic E-state index is 12.6. The Balaban J connectivity index is 1.48. The number of H-pyrrole nitrogens is 1. The molecule has 3 aromatic rings. The van der Waals surface area contributed by atoms with E-state index in [1.807, 2.05) is 48.3 Å². The quantitative estimate of drug-likeness (QED) is 0.759. The van der Waals surface area contributed by atoms with Crippen molar-refractivity contribution in [1.82, 2.24) is 25.0 Å². The molecule has 1 fully saturated rings. The van der Waals surface area contributed by atoms with E-state index in [2.05, 4.69) is 33.4 Å². The zero-order valence-corrected chi connectivity index (χ0v) is 15.3. The van der Waals surface area contributed by atoms with E-state index in [1.165, 1.54) is 5.69 Å². The Morgan fingerprint density at radius 2 is 2.15 bits per heavy atom. The normalized spacial score (nSPS) is 21.2. The summed E-state index contributed by atoms with van der Waals surface area (Å²) in [7, 11) is 4.14. The van der Waals surface area contributed by atoms with Crippen LogP contribution in [0, 0.1) is 5.92 Å². The summed E-state index contributed by atoms with van der Waals surface area (Å²) in [6.07, 6.45) is 4.10. The lowest BCUT2D eigenvalue weighted by molar-refractivity contribution is 0.0876. The van der Waals surface area contributed by atoms with Crippen LogP contribution in [-0.4, -0.2) is 45.7 Å². The molecular formula is C20H25N5O. The number of amides is 1. The van der Waals surface area contributed by atoms with Crippen LogP contribution in [-0.2, 0) is 7.05 Å². The number of aromatic amines is 1. The van der Waals surface area contributed by atoms with Crippen molar-refractivity contribution in [2.24, 2.45) is 13.0 Å². The molecule has 1 amide bonds. The third kappa shape index (κ3) is 3.12. The number of aryl methyl sites for hydroxylation is 1. The molecule has 6 nitrogen and oxygen atoms in total. The Kier molecular flexibility index (Phi) is 4.51. The molecule has 1 saturated heterocycles. The zero-order valence-electron chi connectivity index (χ0n) is 15.3. The lowest BCUT2D eigenvalue weighted by Crippen LogP contribution is -2.42. The summed E-state index contributed by atoms with van der Waals surface area (Å²) in [4.78, 5) is 18.2. The number of aromatic nitrogens is 3. The lowest BCUT2D eigenvalue weighted by Gasteiger charge is -2.39. The van der Waals surface area contributed by atoms with Crippen LogP contribution in [0.1, 0.15) is 35.1 Å². The Morgan fingerprint density at radius 1 is 1.31 bits per heavy atom. The van der Waals surface area contributed by atoms with Crippen molar-refractivity contribution < 1.29 is 4.79 Å². The molecule has 2 N–H and O–H groups in total.